The lowest BCUT2D eigenvalue weighted by Gasteiger charge is -2.45. The second-order valence-electron chi connectivity index (χ2n) is 26.7. The van der Waals surface area contributed by atoms with Crippen molar-refractivity contribution >= 4 is 166 Å². The molecule has 22 rings (SSSR count). The van der Waals surface area contributed by atoms with Crippen LogP contribution in [0.1, 0.15) is 15.2 Å². The normalized spacial score (nSPS) is 13.6. The largest absolute Gasteiger partial charge is 0.456 e. The number of rotatable bonds is 7. The van der Waals surface area contributed by atoms with Crippen LogP contribution in [-0.2, 0) is 0 Å². The third kappa shape index (κ3) is 8.23. The quantitative estimate of drug-likeness (QED) is 0.118. The van der Waals surface area contributed by atoms with E-state index in [9.17, 15) is 14.9 Å². The predicted octanol–water partition coefficient (Wildman–Crippen LogP) is 23.8. The number of para-hydroxylation sites is 3. The molecule has 5 heterocycles. The van der Waals surface area contributed by atoms with E-state index in [1.54, 1.807) is 4.57 Å². The van der Waals surface area contributed by atoms with E-state index in [-0.39, 0.29) is 27.4 Å². The smallest absolute Gasteiger partial charge is 0.252 e. The molecule has 470 valence electrons. The van der Waals surface area contributed by atoms with Crippen LogP contribution in [0.5, 0.6) is 0 Å². The average Bonchev–Trinajstić information content (AvgIpc) is 1.68. The van der Waals surface area contributed by atoms with E-state index in [1.165, 1.54) is 0 Å². The highest BCUT2D eigenvalue weighted by Gasteiger charge is 2.46. The maximum Gasteiger partial charge on any atom is 0.252 e. The van der Waals surface area contributed by atoms with Crippen LogP contribution in [0, 0.1) is 11.3 Å². The topological polar surface area (TPSA) is 61.5 Å². The number of hydrogen-bond acceptors (Lipinski definition) is 5. The minimum absolute atomic E-state index is 0.0133. The summed E-state index contributed by atoms with van der Waals surface area (Å²) in [6.07, 6.45) is 0. The van der Waals surface area contributed by atoms with Crippen LogP contribution in [0.2, 0.25) is 0 Å². The number of aromatic nitrogens is 1. The standard InChI is InChI=1S/C95H55BN4O2/c97-56-57-39-44-86-78(45-57)73-35-17-18-36-83(73)98(86)64-50-89-95-90(51-64)100(85-38-20-16-34-72(85)77-47-63-26-8-10-28-66(63)68-30-12-14-32-70(68)77)88-53-80-75-43-41-61(59-23-5-2-6-24-59)49-92(75)102-94(80)55-82(88)96(95)81-54-93-79(74-42-40-60(48-91(74)101-93)58-21-3-1-4-22-58)52-87(81)99(89)84-37-19-15-33-71(84)76-46-62-25-7-9-27-65(62)67-29-11-13-31-69(67)76/h1-55H/i17D,18D,35D,36D,39D,44D,45D. The Morgan fingerprint density at radius 2 is 0.765 bits per heavy atom. The van der Waals surface area contributed by atoms with Crippen LogP contribution in [-0.4, -0.2) is 11.3 Å². The van der Waals surface area contributed by atoms with E-state index >= 15 is 0 Å². The van der Waals surface area contributed by atoms with Gasteiger partial charge in [-0.1, -0.05) is 224 Å². The molecule has 0 fully saturated rings. The highest BCUT2D eigenvalue weighted by Crippen LogP contribution is 2.53. The summed E-state index contributed by atoms with van der Waals surface area (Å²) in [5.74, 6) is 0. The molecule has 0 N–H and O–H groups in total. The summed E-state index contributed by atoms with van der Waals surface area (Å²) >= 11 is 0. The van der Waals surface area contributed by atoms with Crippen molar-refractivity contribution in [1.82, 2.24) is 4.57 Å². The Bertz CT molecular complexity index is 7160. The van der Waals surface area contributed by atoms with Crippen LogP contribution in [0.3, 0.4) is 0 Å². The van der Waals surface area contributed by atoms with Crippen molar-refractivity contribution in [1.29, 1.82) is 5.26 Å². The Hall–Kier alpha value is -13.7. The third-order valence-electron chi connectivity index (χ3n) is 21.4. The molecule has 2 aliphatic heterocycles. The van der Waals surface area contributed by atoms with Crippen molar-refractivity contribution in [2.24, 2.45) is 0 Å². The zero-order chi connectivity index (χ0) is 72.9. The number of furan rings is 2. The molecular weight excluding hydrogens is 1240 g/mol. The summed E-state index contributed by atoms with van der Waals surface area (Å²) in [6, 6.07) is 101. The van der Waals surface area contributed by atoms with Crippen LogP contribution >= 0.6 is 0 Å². The second-order valence-corrected chi connectivity index (χ2v) is 26.7. The number of benzene rings is 17. The molecule has 20 aromatic rings. The monoisotopic (exact) mass is 1300 g/mol. The number of nitrogens with zero attached hydrogens (tertiary/aromatic N) is 4. The maximum atomic E-state index is 10.8. The summed E-state index contributed by atoms with van der Waals surface area (Å²) in [5, 5.41) is 22.9. The van der Waals surface area contributed by atoms with E-state index in [0.717, 1.165) is 148 Å². The first kappa shape index (κ1) is 49.8. The van der Waals surface area contributed by atoms with Gasteiger partial charge in [0.1, 0.15) is 22.3 Å². The third-order valence-corrected chi connectivity index (χ3v) is 21.4. The fraction of sp³-hybridized carbons (Fsp3) is 0. The van der Waals surface area contributed by atoms with E-state index in [2.05, 4.69) is 265 Å². The Morgan fingerprint density at radius 1 is 0.314 bits per heavy atom. The zero-order valence-corrected chi connectivity index (χ0v) is 54.4. The van der Waals surface area contributed by atoms with Gasteiger partial charge in [-0.25, -0.2) is 0 Å². The summed E-state index contributed by atoms with van der Waals surface area (Å²) < 4.78 is 84.4. The number of anilines is 6. The Labute approximate surface area is 596 Å². The van der Waals surface area contributed by atoms with Gasteiger partial charge in [0.25, 0.3) is 6.71 Å². The number of hydrogen-bond donors (Lipinski definition) is 0. The van der Waals surface area contributed by atoms with Crippen molar-refractivity contribution in [2.45, 2.75) is 0 Å². The van der Waals surface area contributed by atoms with Gasteiger partial charge < -0.3 is 23.2 Å². The molecule has 102 heavy (non-hydrogen) atoms. The van der Waals surface area contributed by atoms with Gasteiger partial charge in [0.05, 0.1) is 49.3 Å². The molecule has 0 aliphatic carbocycles. The van der Waals surface area contributed by atoms with Gasteiger partial charge in [0.2, 0.25) is 0 Å². The van der Waals surface area contributed by atoms with Gasteiger partial charge in [0.15, 0.2) is 0 Å². The fourth-order valence-corrected chi connectivity index (χ4v) is 17.0. The molecule has 0 saturated heterocycles. The number of nitriles is 1. The van der Waals surface area contributed by atoms with Gasteiger partial charge in [0, 0.05) is 66.2 Å². The highest BCUT2D eigenvalue weighted by molar-refractivity contribution is 7.00. The zero-order valence-electron chi connectivity index (χ0n) is 61.4. The van der Waals surface area contributed by atoms with Gasteiger partial charge in [-0.3, -0.25) is 0 Å². The Morgan fingerprint density at radius 3 is 1.29 bits per heavy atom. The lowest BCUT2D eigenvalue weighted by Crippen LogP contribution is -2.61. The summed E-state index contributed by atoms with van der Waals surface area (Å²) in [7, 11) is 0. The lowest BCUT2D eigenvalue weighted by molar-refractivity contribution is 0.669. The van der Waals surface area contributed by atoms with Crippen LogP contribution in [0.15, 0.2) is 342 Å². The van der Waals surface area contributed by atoms with Crippen molar-refractivity contribution in [3.63, 3.8) is 0 Å². The van der Waals surface area contributed by atoms with Crippen molar-refractivity contribution in [2.75, 3.05) is 9.80 Å². The maximum absolute atomic E-state index is 10.8. The van der Waals surface area contributed by atoms with Gasteiger partial charge in [-0.05, 0) is 202 Å². The molecule has 0 bridgehead atoms. The van der Waals surface area contributed by atoms with Crippen molar-refractivity contribution in [3.05, 3.63) is 339 Å². The molecule has 7 heteroatoms. The van der Waals surface area contributed by atoms with E-state index in [0.29, 0.717) is 39.4 Å². The highest BCUT2D eigenvalue weighted by atomic mass is 16.3. The van der Waals surface area contributed by atoms with Crippen molar-refractivity contribution in [3.8, 4) is 56.3 Å². The molecule has 0 spiro atoms. The molecule has 0 radical (unpaired) electrons. The minimum Gasteiger partial charge on any atom is -0.456 e. The van der Waals surface area contributed by atoms with Crippen molar-refractivity contribution < 1.29 is 18.4 Å². The first-order valence-corrected chi connectivity index (χ1v) is 34.3. The predicted molar refractivity (Wildman–Crippen MR) is 426 cm³/mol. The van der Waals surface area contributed by atoms with E-state index < -0.39 is 49.0 Å². The molecule has 17 aromatic carbocycles. The Balaban J connectivity index is 0.935. The molecule has 3 aromatic heterocycles. The van der Waals surface area contributed by atoms with E-state index in [1.807, 2.05) is 42.5 Å². The summed E-state index contributed by atoms with van der Waals surface area (Å²) in [6.45, 7) is -0.617. The van der Waals surface area contributed by atoms with Crippen LogP contribution in [0.4, 0.5) is 34.1 Å². The SMILES string of the molecule is [2H]c1c([2H])c([2H])c2c(c1[2H])c1c([2H])c(C#N)c([2H])c([2H])c1n2-c1cc2c3c(c1)N(c1ccccc1-c1cc4ccccc4c4ccccc14)c1cc4c(cc1B3c1cc3oc5cc(-c6ccccc6)ccc5c3cc1N2c1ccccc1-c1cc2ccccc2c2ccccc12)oc1cc(-c2ccccc2)ccc14. The molecule has 0 amide bonds. The first-order valence-electron chi connectivity index (χ1n) is 37.8. The van der Waals surface area contributed by atoms with Gasteiger partial charge in [-0.2, -0.15) is 5.26 Å². The van der Waals surface area contributed by atoms with Gasteiger partial charge >= 0.3 is 0 Å². The molecular formula is C95H55BN4O2. The number of fused-ring (bicyclic) bond motifs is 19. The van der Waals surface area contributed by atoms with Crippen LogP contribution < -0.4 is 26.2 Å². The molecule has 6 nitrogen and oxygen atoms in total. The minimum atomic E-state index is -0.617. The van der Waals surface area contributed by atoms with E-state index in [4.69, 9.17) is 8.83 Å². The first-order chi connectivity index (χ1) is 53.5. The second kappa shape index (κ2) is 21.7. The molecule has 0 unspecified atom stereocenters. The van der Waals surface area contributed by atoms with Gasteiger partial charge in [-0.15, -0.1) is 0 Å². The Kier molecular flexibility index (Phi) is 10.6. The molecule has 0 atom stereocenters. The fourth-order valence-electron chi connectivity index (χ4n) is 17.0. The average molecular weight is 1300 g/mol. The van der Waals surface area contributed by atoms with Crippen LogP contribution in [0.25, 0.3) is 159 Å². The lowest BCUT2D eigenvalue weighted by atomic mass is 9.33. The molecule has 0 saturated carbocycles. The summed E-state index contributed by atoms with van der Waals surface area (Å²) in [5.41, 5.74) is 18.1. The molecule has 2 aliphatic rings. The summed E-state index contributed by atoms with van der Waals surface area (Å²) in [4.78, 5) is 4.70.